The fourth-order valence-electron chi connectivity index (χ4n) is 2.29. The highest BCUT2D eigenvalue weighted by atomic mass is 79.9. The van der Waals surface area contributed by atoms with Gasteiger partial charge in [0, 0.05) is 31.1 Å². The molecule has 2 fully saturated rings. The molecule has 8 heteroatoms. The summed E-state index contributed by atoms with van der Waals surface area (Å²) in [4.78, 5) is 18.3. The minimum Gasteiger partial charge on any atom is -0.379 e. The van der Waals surface area contributed by atoms with Crippen LogP contribution in [0.4, 0.5) is 0 Å². The molecule has 1 amide bonds. The molecule has 2 aliphatic rings. The second kappa shape index (κ2) is 7.55. The van der Waals surface area contributed by atoms with Gasteiger partial charge in [-0.2, -0.15) is 0 Å². The average molecular weight is 419 g/mol. The average Bonchev–Trinajstić information content (AvgIpc) is 3.03. The maximum Gasteiger partial charge on any atom is 0.266 e. The summed E-state index contributed by atoms with van der Waals surface area (Å²) in [7, 11) is 0. The Hall–Kier alpha value is -0.250. The van der Waals surface area contributed by atoms with E-state index in [2.05, 4.69) is 20.8 Å². The largest absolute Gasteiger partial charge is 0.379 e. The summed E-state index contributed by atoms with van der Waals surface area (Å²) in [6, 6.07) is 3.98. The Balaban J connectivity index is 1.62. The Morgan fingerprint density at radius 1 is 1.32 bits per heavy atom. The fraction of sp³-hybridized carbons (Fsp3) is 0.429. The van der Waals surface area contributed by atoms with Crippen molar-refractivity contribution in [2.24, 2.45) is 0 Å². The van der Waals surface area contributed by atoms with Crippen LogP contribution in [0.5, 0.6) is 0 Å². The number of thiocarbonyl (C=S) groups is 1. The molecule has 2 aliphatic heterocycles. The van der Waals surface area contributed by atoms with Crippen molar-refractivity contribution >= 4 is 67.6 Å². The molecule has 0 unspecified atom stereocenters. The van der Waals surface area contributed by atoms with Crippen LogP contribution in [-0.2, 0) is 9.53 Å². The third kappa shape index (κ3) is 3.98. The van der Waals surface area contributed by atoms with Gasteiger partial charge in [0.15, 0.2) is 0 Å². The van der Waals surface area contributed by atoms with Gasteiger partial charge in [-0.1, -0.05) is 24.0 Å². The lowest BCUT2D eigenvalue weighted by Gasteiger charge is -2.28. The zero-order chi connectivity index (χ0) is 15.5. The minimum absolute atomic E-state index is 0.0211. The van der Waals surface area contributed by atoms with E-state index in [4.69, 9.17) is 17.0 Å². The first-order valence-corrected chi connectivity index (χ1v) is 9.78. The number of hydrogen-bond acceptors (Lipinski definition) is 6. The molecule has 3 heterocycles. The summed E-state index contributed by atoms with van der Waals surface area (Å²) < 4.78 is 7.05. The van der Waals surface area contributed by atoms with E-state index in [0.29, 0.717) is 15.8 Å². The van der Waals surface area contributed by atoms with E-state index in [1.165, 1.54) is 11.8 Å². The Morgan fingerprint density at radius 3 is 2.77 bits per heavy atom. The summed E-state index contributed by atoms with van der Waals surface area (Å²) >= 11 is 11.8. The number of carbonyl (C=O) groups excluding carboxylic acids is 1. The maximum atomic E-state index is 12.5. The number of amides is 1. The van der Waals surface area contributed by atoms with Gasteiger partial charge in [-0.25, -0.2) is 0 Å². The van der Waals surface area contributed by atoms with E-state index < -0.39 is 0 Å². The second-order valence-electron chi connectivity index (χ2n) is 4.93. The number of carbonyl (C=O) groups is 1. The lowest BCUT2D eigenvalue weighted by atomic mass is 10.3. The van der Waals surface area contributed by atoms with Gasteiger partial charge in [0.25, 0.3) is 5.91 Å². The smallest absolute Gasteiger partial charge is 0.266 e. The molecular weight excluding hydrogens is 404 g/mol. The van der Waals surface area contributed by atoms with Gasteiger partial charge in [-0.3, -0.25) is 14.6 Å². The van der Waals surface area contributed by atoms with Crippen molar-refractivity contribution in [3.8, 4) is 0 Å². The molecule has 0 bridgehead atoms. The lowest BCUT2D eigenvalue weighted by Crippen LogP contribution is -2.42. The van der Waals surface area contributed by atoms with Crippen LogP contribution in [0, 0.1) is 0 Å². The molecule has 3 rings (SSSR count). The summed E-state index contributed by atoms with van der Waals surface area (Å²) in [6.45, 7) is 4.88. The van der Waals surface area contributed by atoms with Gasteiger partial charge in [0.05, 0.1) is 21.9 Å². The Labute approximate surface area is 151 Å². The predicted octanol–water partition coefficient (Wildman–Crippen LogP) is 3.04. The Bertz CT molecular complexity index is 611. The van der Waals surface area contributed by atoms with E-state index in [1.807, 2.05) is 18.2 Å². The third-order valence-electron chi connectivity index (χ3n) is 3.48. The van der Waals surface area contributed by atoms with Crippen molar-refractivity contribution in [2.75, 3.05) is 39.4 Å². The van der Waals surface area contributed by atoms with Crippen LogP contribution in [0.15, 0.2) is 20.8 Å². The molecule has 1 aromatic rings. The van der Waals surface area contributed by atoms with Gasteiger partial charge >= 0.3 is 0 Å². The Morgan fingerprint density at radius 2 is 2.09 bits per heavy atom. The Kier molecular flexibility index (Phi) is 5.69. The van der Waals surface area contributed by atoms with Crippen molar-refractivity contribution < 1.29 is 9.53 Å². The number of hydrogen-bond donors (Lipinski definition) is 0. The first-order valence-electron chi connectivity index (χ1n) is 6.94. The zero-order valence-electron chi connectivity index (χ0n) is 11.8. The SMILES string of the molecule is O=C1/C(=C/c2ccc(Br)s2)SC(=S)N1CCN1CCOCC1. The molecule has 0 N–H and O–H groups in total. The van der Waals surface area contributed by atoms with Gasteiger partial charge < -0.3 is 4.74 Å². The van der Waals surface area contributed by atoms with E-state index in [1.54, 1.807) is 16.2 Å². The molecule has 0 radical (unpaired) electrons. The van der Waals surface area contributed by atoms with Gasteiger partial charge in [-0.15, -0.1) is 11.3 Å². The van der Waals surface area contributed by atoms with Crippen molar-refractivity contribution in [1.29, 1.82) is 0 Å². The minimum atomic E-state index is 0.0211. The van der Waals surface area contributed by atoms with E-state index >= 15 is 0 Å². The molecular formula is C14H15BrN2O2S3. The van der Waals surface area contributed by atoms with Crippen molar-refractivity contribution in [3.05, 3.63) is 25.7 Å². The number of thiophene rings is 1. The number of thioether (sulfide) groups is 1. The summed E-state index contributed by atoms with van der Waals surface area (Å²) in [5.74, 6) is 0.0211. The molecule has 22 heavy (non-hydrogen) atoms. The normalized spacial score (nSPS) is 22.0. The molecule has 2 saturated heterocycles. The summed E-state index contributed by atoms with van der Waals surface area (Å²) in [5.41, 5.74) is 0. The fourth-order valence-corrected chi connectivity index (χ4v) is 5.04. The lowest BCUT2D eigenvalue weighted by molar-refractivity contribution is -0.122. The number of rotatable bonds is 4. The molecule has 118 valence electrons. The quantitative estimate of drug-likeness (QED) is 0.554. The van der Waals surface area contributed by atoms with E-state index in [9.17, 15) is 4.79 Å². The van der Waals surface area contributed by atoms with Crippen LogP contribution >= 0.6 is 51.2 Å². The standard InChI is InChI=1S/C14H15BrN2O2S3/c15-12-2-1-10(21-12)9-11-13(18)17(14(20)22-11)4-3-16-5-7-19-8-6-16/h1-2,9H,3-8H2/b11-9-. The monoisotopic (exact) mass is 418 g/mol. The van der Waals surface area contributed by atoms with Crippen molar-refractivity contribution in [3.63, 3.8) is 0 Å². The van der Waals surface area contributed by atoms with E-state index in [0.717, 1.165) is 41.5 Å². The first kappa shape index (κ1) is 16.6. The highest BCUT2D eigenvalue weighted by Gasteiger charge is 2.32. The van der Waals surface area contributed by atoms with E-state index in [-0.39, 0.29) is 5.91 Å². The molecule has 4 nitrogen and oxygen atoms in total. The molecule has 0 saturated carbocycles. The van der Waals surface area contributed by atoms with Crippen LogP contribution in [0.25, 0.3) is 6.08 Å². The molecule has 1 aromatic heterocycles. The molecule has 0 atom stereocenters. The number of morpholine rings is 1. The van der Waals surface area contributed by atoms with Crippen molar-refractivity contribution in [2.45, 2.75) is 0 Å². The molecule has 0 aliphatic carbocycles. The van der Waals surface area contributed by atoms with Crippen LogP contribution in [0.3, 0.4) is 0 Å². The van der Waals surface area contributed by atoms with Crippen LogP contribution in [-0.4, -0.2) is 59.4 Å². The summed E-state index contributed by atoms with van der Waals surface area (Å²) in [5, 5.41) is 0. The zero-order valence-corrected chi connectivity index (χ0v) is 15.8. The summed E-state index contributed by atoms with van der Waals surface area (Å²) in [6.07, 6.45) is 1.92. The molecule has 0 aromatic carbocycles. The maximum absolute atomic E-state index is 12.5. The van der Waals surface area contributed by atoms with Crippen LogP contribution in [0.2, 0.25) is 0 Å². The third-order valence-corrected chi connectivity index (χ3v) is 6.43. The second-order valence-corrected chi connectivity index (χ2v) is 9.10. The molecule has 0 spiro atoms. The van der Waals surface area contributed by atoms with Gasteiger partial charge in [0.1, 0.15) is 4.32 Å². The predicted molar refractivity (Wildman–Crippen MR) is 99.2 cm³/mol. The van der Waals surface area contributed by atoms with Crippen molar-refractivity contribution in [1.82, 2.24) is 9.80 Å². The van der Waals surface area contributed by atoms with Gasteiger partial charge in [0.2, 0.25) is 0 Å². The van der Waals surface area contributed by atoms with Crippen LogP contribution < -0.4 is 0 Å². The first-order chi connectivity index (χ1) is 10.6. The highest BCUT2D eigenvalue weighted by Crippen LogP contribution is 2.34. The number of halogens is 1. The number of ether oxygens (including phenoxy) is 1. The highest BCUT2D eigenvalue weighted by molar-refractivity contribution is 9.11. The van der Waals surface area contributed by atoms with Crippen LogP contribution in [0.1, 0.15) is 4.88 Å². The number of nitrogens with zero attached hydrogens (tertiary/aromatic N) is 2. The topological polar surface area (TPSA) is 32.8 Å². The van der Waals surface area contributed by atoms with Gasteiger partial charge in [-0.05, 0) is 34.1 Å².